The van der Waals surface area contributed by atoms with Gasteiger partial charge in [0.1, 0.15) is 4.90 Å². The van der Waals surface area contributed by atoms with Gasteiger partial charge in [0.05, 0.1) is 11.3 Å². The Morgan fingerprint density at radius 1 is 0.938 bits per heavy atom. The van der Waals surface area contributed by atoms with Crippen molar-refractivity contribution >= 4 is 27.6 Å². The van der Waals surface area contributed by atoms with E-state index in [4.69, 9.17) is 4.74 Å². The summed E-state index contributed by atoms with van der Waals surface area (Å²) in [5.41, 5.74) is 0.767. The second-order valence-corrected chi connectivity index (χ2v) is 10.8. The van der Waals surface area contributed by atoms with Crippen LogP contribution in [0, 0.1) is 0 Å². The van der Waals surface area contributed by atoms with E-state index in [0.717, 1.165) is 51.6 Å². The van der Waals surface area contributed by atoms with Gasteiger partial charge in [0.15, 0.2) is 6.10 Å². The first-order valence-electron chi connectivity index (χ1n) is 11.6. The summed E-state index contributed by atoms with van der Waals surface area (Å²) in [6.07, 6.45) is 4.86. The van der Waals surface area contributed by atoms with Crippen LogP contribution in [0.1, 0.15) is 69.7 Å². The lowest BCUT2D eigenvalue weighted by atomic mass is 10.1. The molecule has 0 aromatic heterocycles. The van der Waals surface area contributed by atoms with Crippen molar-refractivity contribution in [1.29, 1.82) is 0 Å². The standard InChI is InChI=1S/C23H35N3O5S/c1-17(2)24-22(27)18(3)31-23(28)19-10-11-20(25-12-6-4-7-13-25)21(16-19)32(29,30)26-14-8-5-9-15-26/h10-11,16-18H,4-9,12-15H2,1-3H3,(H,24,27). The number of anilines is 1. The molecule has 1 unspecified atom stereocenters. The number of carbonyl (C=O) groups is 2. The molecule has 8 nitrogen and oxygen atoms in total. The van der Waals surface area contributed by atoms with Crippen LogP contribution in [-0.2, 0) is 19.6 Å². The maximum absolute atomic E-state index is 13.6. The lowest BCUT2D eigenvalue weighted by Gasteiger charge is -2.33. The number of benzene rings is 1. The van der Waals surface area contributed by atoms with Crippen LogP contribution in [0.25, 0.3) is 0 Å². The molecule has 0 aliphatic carbocycles. The quantitative estimate of drug-likeness (QED) is 0.622. The van der Waals surface area contributed by atoms with Crippen molar-refractivity contribution in [3.8, 4) is 0 Å². The SMILES string of the molecule is CC(C)NC(=O)C(C)OC(=O)c1ccc(N2CCCCC2)c(S(=O)(=O)N2CCCCC2)c1. The summed E-state index contributed by atoms with van der Waals surface area (Å²) in [5.74, 6) is -1.10. The Bertz CT molecular complexity index is 920. The highest BCUT2D eigenvalue weighted by Crippen LogP contribution is 2.32. The van der Waals surface area contributed by atoms with E-state index in [0.29, 0.717) is 18.8 Å². The predicted octanol–water partition coefficient (Wildman–Crippen LogP) is 2.92. The highest BCUT2D eigenvalue weighted by Gasteiger charge is 2.31. The molecule has 1 atom stereocenters. The first-order valence-corrected chi connectivity index (χ1v) is 13.0. The van der Waals surface area contributed by atoms with Crippen LogP contribution in [0.15, 0.2) is 23.1 Å². The molecule has 2 saturated heterocycles. The Labute approximate surface area is 191 Å². The maximum atomic E-state index is 13.6. The van der Waals surface area contributed by atoms with Crippen LogP contribution >= 0.6 is 0 Å². The summed E-state index contributed by atoms with van der Waals surface area (Å²) in [5, 5.41) is 2.70. The second-order valence-electron chi connectivity index (χ2n) is 8.91. The molecule has 178 valence electrons. The van der Waals surface area contributed by atoms with Crippen molar-refractivity contribution in [3.05, 3.63) is 23.8 Å². The van der Waals surface area contributed by atoms with E-state index in [1.165, 1.54) is 17.3 Å². The normalized spacial score (nSPS) is 18.9. The summed E-state index contributed by atoms with van der Waals surface area (Å²) in [6.45, 7) is 7.71. The lowest BCUT2D eigenvalue weighted by molar-refractivity contribution is -0.129. The minimum atomic E-state index is -3.75. The zero-order valence-electron chi connectivity index (χ0n) is 19.3. The summed E-state index contributed by atoms with van der Waals surface area (Å²) in [7, 11) is -3.75. The fraction of sp³-hybridized carbons (Fsp3) is 0.652. The molecule has 2 aliphatic rings. The average molecular weight is 466 g/mol. The molecule has 1 N–H and O–H groups in total. The molecule has 2 heterocycles. The van der Waals surface area contributed by atoms with Gasteiger partial charge < -0.3 is 15.0 Å². The summed E-state index contributed by atoms with van der Waals surface area (Å²) in [4.78, 5) is 27.1. The van der Waals surface area contributed by atoms with E-state index in [2.05, 4.69) is 10.2 Å². The first-order chi connectivity index (χ1) is 15.2. The fourth-order valence-corrected chi connectivity index (χ4v) is 5.93. The smallest absolute Gasteiger partial charge is 0.338 e. The zero-order chi connectivity index (χ0) is 23.3. The molecule has 0 radical (unpaired) electrons. The molecular weight excluding hydrogens is 430 g/mol. The van der Waals surface area contributed by atoms with Gasteiger partial charge in [-0.1, -0.05) is 6.42 Å². The molecular formula is C23H35N3O5S. The van der Waals surface area contributed by atoms with Gasteiger partial charge in [-0.2, -0.15) is 4.31 Å². The Morgan fingerprint density at radius 2 is 1.53 bits per heavy atom. The number of sulfonamides is 1. The highest BCUT2D eigenvalue weighted by atomic mass is 32.2. The zero-order valence-corrected chi connectivity index (χ0v) is 20.1. The first kappa shape index (κ1) is 24.5. The number of rotatable bonds is 7. The van der Waals surface area contributed by atoms with Crippen molar-refractivity contribution in [2.45, 2.75) is 76.3 Å². The van der Waals surface area contributed by atoms with Crippen molar-refractivity contribution in [2.75, 3.05) is 31.1 Å². The van der Waals surface area contributed by atoms with E-state index in [1.807, 2.05) is 13.8 Å². The molecule has 2 aliphatic heterocycles. The maximum Gasteiger partial charge on any atom is 0.338 e. The minimum absolute atomic E-state index is 0.0752. The van der Waals surface area contributed by atoms with Crippen molar-refractivity contribution in [2.24, 2.45) is 0 Å². The molecule has 1 amide bonds. The van der Waals surface area contributed by atoms with E-state index < -0.39 is 22.1 Å². The molecule has 2 fully saturated rings. The number of nitrogens with zero attached hydrogens (tertiary/aromatic N) is 2. The van der Waals surface area contributed by atoms with Gasteiger partial charge in [-0.25, -0.2) is 13.2 Å². The van der Waals surface area contributed by atoms with Gasteiger partial charge in [0, 0.05) is 32.2 Å². The molecule has 0 saturated carbocycles. The predicted molar refractivity (Wildman–Crippen MR) is 123 cm³/mol. The number of carbonyl (C=O) groups excluding carboxylic acids is 2. The molecule has 0 bridgehead atoms. The third-order valence-electron chi connectivity index (χ3n) is 5.91. The Balaban J connectivity index is 1.91. The van der Waals surface area contributed by atoms with E-state index >= 15 is 0 Å². The second kappa shape index (κ2) is 10.7. The molecule has 0 spiro atoms. The Morgan fingerprint density at radius 3 is 2.12 bits per heavy atom. The third kappa shape index (κ3) is 5.81. The van der Waals surface area contributed by atoms with E-state index in [-0.39, 0.29) is 22.4 Å². The van der Waals surface area contributed by atoms with Crippen LogP contribution in [0.2, 0.25) is 0 Å². The van der Waals surface area contributed by atoms with E-state index in [1.54, 1.807) is 12.1 Å². The van der Waals surface area contributed by atoms with Gasteiger partial charge in [0.25, 0.3) is 5.91 Å². The molecule has 1 aromatic rings. The van der Waals surface area contributed by atoms with Crippen LogP contribution in [-0.4, -0.2) is 62.9 Å². The van der Waals surface area contributed by atoms with Crippen molar-refractivity contribution in [3.63, 3.8) is 0 Å². The van der Waals surface area contributed by atoms with Gasteiger partial charge in [0.2, 0.25) is 10.0 Å². The molecule has 9 heteroatoms. The number of hydrogen-bond acceptors (Lipinski definition) is 6. The van der Waals surface area contributed by atoms with Crippen molar-refractivity contribution in [1.82, 2.24) is 9.62 Å². The Kier molecular flexibility index (Phi) is 8.16. The van der Waals surface area contributed by atoms with Crippen LogP contribution in [0.3, 0.4) is 0 Å². The van der Waals surface area contributed by atoms with Crippen LogP contribution in [0.5, 0.6) is 0 Å². The largest absolute Gasteiger partial charge is 0.449 e. The Hall–Kier alpha value is -2.13. The molecule has 3 rings (SSSR count). The lowest BCUT2D eigenvalue weighted by Crippen LogP contribution is -2.39. The number of amides is 1. The number of ether oxygens (including phenoxy) is 1. The summed E-state index contributed by atoms with van der Waals surface area (Å²) >= 11 is 0. The van der Waals surface area contributed by atoms with Crippen LogP contribution < -0.4 is 10.2 Å². The summed E-state index contributed by atoms with van der Waals surface area (Å²) < 4.78 is 34.0. The van der Waals surface area contributed by atoms with Crippen LogP contribution in [0.4, 0.5) is 5.69 Å². The summed E-state index contributed by atoms with van der Waals surface area (Å²) in [6, 6.07) is 4.64. The fourth-order valence-electron chi connectivity index (χ4n) is 4.17. The number of piperidine rings is 2. The highest BCUT2D eigenvalue weighted by molar-refractivity contribution is 7.89. The molecule has 1 aromatic carbocycles. The number of hydrogen-bond donors (Lipinski definition) is 1. The van der Waals surface area contributed by atoms with Crippen molar-refractivity contribution < 1.29 is 22.7 Å². The minimum Gasteiger partial charge on any atom is -0.449 e. The van der Waals surface area contributed by atoms with Gasteiger partial charge in [-0.15, -0.1) is 0 Å². The van der Waals surface area contributed by atoms with Gasteiger partial charge in [-0.05, 0) is 71.1 Å². The molecule has 32 heavy (non-hydrogen) atoms. The number of nitrogens with one attached hydrogen (secondary N) is 1. The average Bonchev–Trinajstić information content (AvgIpc) is 2.79. The number of esters is 1. The third-order valence-corrected chi connectivity index (χ3v) is 7.84. The van der Waals surface area contributed by atoms with Gasteiger partial charge in [-0.3, -0.25) is 4.79 Å². The van der Waals surface area contributed by atoms with Gasteiger partial charge >= 0.3 is 5.97 Å². The van der Waals surface area contributed by atoms with E-state index in [9.17, 15) is 18.0 Å². The monoisotopic (exact) mass is 465 g/mol. The topological polar surface area (TPSA) is 96.0 Å².